The Bertz CT molecular complexity index is 513. The summed E-state index contributed by atoms with van der Waals surface area (Å²) in [5.74, 6) is 0.496. The third-order valence-corrected chi connectivity index (χ3v) is 4.84. The fourth-order valence-corrected chi connectivity index (χ4v) is 3.27. The highest BCUT2D eigenvalue weighted by molar-refractivity contribution is 5.87. The molecule has 2 N–H and O–H groups in total. The summed E-state index contributed by atoms with van der Waals surface area (Å²) in [7, 11) is 0. The maximum absolute atomic E-state index is 12.7. The van der Waals surface area contributed by atoms with Crippen molar-refractivity contribution in [2.75, 3.05) is 6.54 Å². The lowest BCUT2D eigenvalue weighted by Gasteiger charge is -2.40. The first kappa shape index (κ1) is 12.7. The van der Waals surface area contributed by atoms with Crippen LogP contribution >= 0.6 is 0 Å². The number of carbonyl (C=O) groups is 1. The Labute approximate surface area is 114 Å². The lowest BCUT2D eigenvalue weighted by atomic mass is 9.94. The molecule has 0 radical (unpaired) electrons. The smallest absolute Gasteiger partial charge is 0.243 e. The lowest BCUT2D eigenvalue weighted by molar-refractivity contribution is -0.140. The molecule has 2 heterocycles. The van der Waals surface area contributed by atoms with Gasteiger partial charge in [-0.1, -0.05) is 0 Å². The topological polar surface area (TPSA) is 51.3 Å². The second-order valence-electron chi connectivity index (χ2n) is 6.28. The van der Waals surface area contributed by atoms with Gasteiger partial charge < -0.3 is 15.2 Å². The highest BCUT2D eigenvalue weighted by Crippen LogP contribution is 2.40. The van der Waals surface area contributed by atoms with Crippen molar-refractivity contribution in [1.82, 2.24) is 9.47 Å². The molecule has 104 valence electrons. The number of nitrogens with zero attached hydrogens (tertiary/aromatic N) is 2. The van der Waals surface area contributed by atoms with Crippen molar-refractivity contribution in [3.63, 3.8) is 0 Å². The van der Waals surface area contributed by atoms with E-state index in [-0.39, 0.29) is 11.9 Å². The Balaban J connectivity index is 1.85. The van der Waals surface area contributed by atoms with Crippen LogP contribution < -0.4 is 5.73 Å². The van der Waals surface area contributed by atoms with Crippen LogP contribution in [0.3, 0.4) is 0 Å². The monoisotopic (exact) mass is 261 g/mol. The number of carbonyl (C=O) groups excluding carboxylic acids is 1. The summed E-state index contributed by atoms with van der Waals surface area (Å²) in [4.78, 5) is 14.7. The van der Waals surface area contributed by atoms with E-state index in [4.69, 9.17) is 5.73 Å². The molecular formula is C15H23N3O. The largest absolute Gasteiger partial charge is 0.345 e. The molecule has 4 heteroatoms. The third kappa shape index (κ3) is 1.89. The molecule has 1 amide bonds. The van der Waals surface area contributed by atoms with E-state index >= 15 is 0 Å². The minimum Gasteiger partial charge on any atom is -0.345 e. The van der Waals surface area contributed by atoms with Gasteiger partial charge in [0.2, 0.25) is 5.91 Å². The van der Waals surface area contributed by atoms with Crippen LogP contribution in [0.5, 0.6) is 0 Å². The van der Waals surface area contributed by atoms with Gasteiger partial charge in [-0.15, -0.1) is 0 Å². The first-order chi connectivity index (χ1) is 8.93. The average molecular weight is 261 g/mol. The summed E-state index contributed by atoms with van der Waals surface area (Å²) in [5, 5.41) is 0. The summed E-state index contributed by atoms with van der Waals surface area (Å²) < 4.78 is 2.30. The van der Waals surface area contributed by atoms with Crippen LogP contribution in [-0.4, -0.2) is 27.5 Å². The molecule has 0 aromatic carbocycles. The minimum atomic E-state index is -0.682. The molecule has 1 aromatic rings. The molecule has 0 bridgehead atoms. The van der Waals surface area contributed by atoms with Gasteiger partial charge in [0.25, 0.3) is 0 Å². The molecule has 19 heavy (non-hydrogen) atoms. The molecule has 0 saturated heterocycles. The number of aromatic nitrogens is 1. The number of rotatable bonds is 2. The van der Waals surface area contributed by atoms with Crippen molar-refractivity contribution in [2.24, 2.45) is 11.7 Å². The zero-order valence-corrected chi connectivity index (χ0v) is 12.0. The molecule has 1 aromatic heterocycles. The van der Waals surface area contributed by atoms with Gasteiger partial charge in [0.1, 0.15) is 0 Å². The first-order valence-corrected chi connectivity index (χ1v) is 7.19. The van der Waals surface area contributed by atoms with E-state index < -0.39 is 5.54 Å². The van der Waals surface area contributed by atoms with Gasteiger partial charge in [0.05, 0.1) is 11.6 Å². The maximum Gasteiger partial charge on any atom is 0.243 e. The van der Waals surface area contributed by atoms with Gasteiger partial charge in [0, 0.05) is 24.5 Å². The first-order valence-electron chi connectivity index (χ1n) is 7.19. The van der Waals surface area contributed by atoms with E-state index in [1.165, 1.54) is 11.4 Å². The fourth-order valence-electron chi connectivity index (χ4n) is 3.27. The van der Waals surface area contributed by atoms with Crippen LogP contribution in [-0.2, 0) is 11.3 Å². The molecule has 0 spiro atoms. The van der Waals surface area contributed by atoms with Crippen molar-refractivity contribution in [2.45, 2.75) is 51.7 Å². The maximum atomic E-state index is 12.7. The van der Waals surface area contributed by atoms with Gasteiger partial charge in [-0.05, 0) is 51.7 Å². The van der Waals surface area contributed by atoms with E-state index in [1.807, 2.05) is 11.8 Å². The molecule has 1 aliphatic carbocycles. The quantitative estimate of drug-likeness (QED) is 0.883. The summed E-state index contributed by atoms with van der Waals surface area (Å²) in [6.45, 7) is 7.77. The van der Waals surface area contributed by atoms with E-state index in [2.05, 4.69) is 30.5 Å². The van der Waals surface area contributed by atoms with Crippen molar-refractivity contribution in [3.05, 3.63) is 23.5 Å². The molecule has 2 aliphatic rings. The zero-order chi connectivity index (χ0) is 13.8. The standard InChI is InChI=1S/C15H23N3O/c1-10-4-7-13-11(2)18(9-8-17(10)13)14(19)15(3,16)12-5-6-12/h4,7,11-12H,5-6,8-9,16H2,1-3H3. The Morgan fingerprint density at radius 1 is 1.37 bits per heavy atom. The summed E-state index contributed by atoms with van der Waals surface area (Å²) in [6, 6.07) is 4.38. The van der Waals surface area contributed by atoms with Gasteiger partial charge >= 0.3 is 0 Å². The van der Waals surface area contributed by atoms with Gasteiger partial charge in [-0.2, -0.15) is 0 Å². The van der Waals surface area contributed by atoms with Crippen molar-refractivity contribution >= 4 is 5.91 Å². The SMILES string of the molecule is Cc1ccc2n1CCN(C(=O)C(C)(N)C1CC1)C2C. The van der Waals surface area contributed by atoms with Gasteiger partial charge in [-0.25, -0.2) is 0 Å². The fraction of sp³-hybridized carbons (Fsp3) is 0.667. The number of hydrogen-bond acceptors (Lipinski definition) is 2. The van der Waals surface area contributed by atoms with Crippen LogP contribution in [0.25, 0.3) is 0 Å². The second-order valence-corrected chi connectivity index (χ2v) is 6.28. The van der Waals surface area contributed by atoms with Crippen molar-refractivity contribution in [1.29, 1.82) is 0 Å². The van der Waals surface area contributed by atoms with Crippen molar-refractivity contribution in [3.8, 4) is 0 Å². The summed E-state index contributed by atoms with van der Waals surface area (Å²) in [5.41, 5.74) is 8.10. The third-order valence-electron chi connectivity index (χ3n) is 4.84. The normalized spacial score (nSPS) is 25.9. The van der Waals surface area contributed by atoms with Crippen molar-refractivity contribution < 1.29 is 4.79 Å². The Morgan fingerprint density at radius 2 is 2.05 bits per heavy atom. The van der Waals surface area contributed by atoms with Gasteiger partial charge in [-0.3, -0.25) is 4.79 Å². The van der Waals surface area contributed by atoms with Crippen LogP contribution in [0.15, 0.2) is 12.1 Å². The number of fused-ring (bicyclic) bond motifs is 1. The van der Waals surface area contributed by atoms with Crippen LogP contribution in [0.2, 0.25) is 0 Å². The molecule has 4 nitrogen and oxygen atoms in total. The Hall–Kier alpha value is -1.29. The predicted molar refractivity (Wildman–Crippen MR) is 74.6 cm³/mol. The Kier molecular flexibility index (Phi) is 2.75. The van der Waals surface area contributed by atoms with Crippen LogP contribution in [0.4, 0.5) is 0 Å². The minimum absolute atomic E-state index is 0.118. The summed E-state index contributed by atoms with van der Waals surface area (Å²) >= 11 is 0. The number of hydrogen-bond donors (Lipinski definition) is 1. The van der Waals surface area contributed by atoms with E-state index in [0.29, 0.717) is 5.92 Å². The van der Waals surface area contributed by atoms with Crippen LogP contribution in [0.1, 0.15) is 44.1 Å². The van der Waals surface area contributed by atoms with E-state index in [0.717, 1.165) is 25.9 Å². The molecule has 1 fully saturated rings. The van der Waals surface area contributed by atoms with Gasteiger partial charge in [0.15, 0.2) is 0 Å². The zero-order valence-electron chi connectivity index (χ0n) is 12.0. The average Bonchev–Trinajstić information content (AvgIpc) is 3.15. The molecule has 2 unspecified atom stereocenters. The number of nitrogens with two attached hydrogens (primary N) is 1. The molecule has 2 atom stereocenters. The molecule has 3 rings (SSSR count). The van der Waals surface area contributed by atoms with E-state index in [1.54, 1.807) is 0 Å². The molecule has 1 saturated carbocycles. The number of aryl methyl sites for hydroxylation is 1. The lowest BCUT2D eigenvalue weighted by Crippen LogP contribution is -2.57. The number of amides is 1. The predicted octanol–water partition coefficient (Wildman–Crippen LogP) is 1.83. The summed E-state index contributed by atoms with van der Waals surface area (Å²) in [6.07, 6.45) is 2.19. The highest BCUT2D eigenvalue weighted by Gasteiger charge is 2.47. The molecule has 1 aliphatic heterocycles. The highest BCUT2D eigenvalue weighted by atomic mass is 16.2. The molecular weight excluding hydrogens is 238 g/mol. The van der Waals surface area contributed by atoms with E-state index in [9.17, 15) is 4.79 Å². The van der Waals surface area contributed by atoms with Crippen LogP contribution in [0, 0.1) is 12.8 Å². The Morgan fingerprint density at radius 3 is 2.68 bits per heavy atom. The second kappa shape index (κ2) is 4.10.